The Morgan fingerprint density at radius 3 is 2.59 bits per heavy atom. The van der Waals surface area contributed by atoms with Crippen molar-refractivity contribution in [3.63, 3.8) is 0 Å². The molecule has 0 saturated carbocycles. The monoisotopic (exact) mass is 294 g/mol. The van der Waals surface area contributed by atoms with E-state index in [4.69, 9.17) is 9.47 Å². The van der Waals surface area contributed by atoms with Crippen molar-refractivity contribution in [2.45, 2.75) is 6.92 Å². The summed E-state index contributed by atoms with van der Waals surface area (Å²) < 4.78 is 11.8. The van der Waals surface area contributed by atoms with E-state index in [0.29, 0.717) is 13.2 Å². The number of halogens is 1. The largest absolute Gasteiger partial charge is 0.486 e. The smallest absolute Gasteiger partial charge is 0.174 e. The highest BCUT2D eigenvalue weighted by Crippen LogP contribution is 2.36. The minimum absolute atomic E-state index is 0.599. The topological polar surface area (TPSA) is 47.1 Å². The van der Waals surface area contributed by atoms with Crippen molar-refractivity contribution in [3.8, 4) is 22.8 Å². The van der Waals surface area contributed by atoms with Crippen LogP contribution in [0.25, 0.3) is 11.3 Å². The maximum Gasteiger partial charge on any atom is 0.174 e. The molecule has 0 bridgehead atoms. The number of nitrogens with zero attached hydrogens (tertiary/aromatic N) is 1. The third kappa shape index (κ3) is 1.91. The molecule has 5 heteroatoms. The van der Waals surface area contributed by atoms with E-state index in [1.165, 1.54) is 0 Å². The van der Waals surface area contributed by atoms with E-state index >= 15 is 0 Å². The minimum atomic E-state index is 0.599. The average molecular weight is 295 g/mol. The summed E-state index contributed by atoms with van der Waals surface area (Å²) in [6.45, 7) is 3.26. The van der Waals surface area contributed by atoms with E-state index in [-0.39, 0.29) is 0 Å². The van der Waals surface area contributed by atoms with Crippen molar-refractivity contribution >= 4 is 15.9 Å². The first kappa shape index (κ1) is 10.7. The van der Waals surface area contributed by atoms with Crippen molar-refractivity contribution < 1.29 is 9.47 Å². The van der Waals surface area contributed by atoms with Crippen LogP contribution >= 0.6 is 15.9 Å². The third-order valence-corrected chi connectivity index (χ3v) is 3.13. The summed E-state index contributed by atoms with van der Waals surface area (Å²) in [6, 6.07) is 3.99. The fraction of sp³-hybridized carbons (Fsp3) is 0.250. The Hall–Kier alpha value is -1.49. The molecule has 0 saturated heterocycles. The average Bonchev–Trinajstić information content (AvgIpc) is 2.75. The van der Waals surface area contributed by atoms with Gasteiger partial charge in [-0.15, -0.1) is 0 Å². The number of fused-ring (bicyclic) bond motifs is 1. The lowest BCUT2D eigenvalue weighted by atomic mass is 10.1. The molecule has 1 aromatic carbocycles. The van der Waals surface area contributed by atoms with Crippen molar-refractivity contribution in [1.82, 2.24) is 9.97 Å². The Labute approximate surface area is 107 Å². The number of ether oxygens (including phenoxy) is 2. The van der Waals surface area contributed by atoms with Crippen molar-refractivity contribution in [2.24, 2.45) is 0 Å². The number of hydrogen-bond donors (Lipinski definition) is 1. The number of rotatable bonds is 1. The van der Waals surface area contributed by atoms with Crippen LogP contribution in [0.1, 0.15) is 5.56 Å². The second kappa shape index (κ2) is 4.07. The maximum atomic E-state index is 5.58. The van der Waals surface area contributed by atoms with Crippen LogP contribution in [0, 0.1) is 6.92 Å². The summed E-state index contributed by atoms with van der Waals surface area (Å²) in [5, 5.41) is 0. The number of aromatic amines is 1. The van der Waals surface area contributed by atoms with Gasteiger partial charge in [-0.1, -0.05) is 0 Å². The number of imidazole rings is 1. The Bertz CT molecular complexity index is 566. The van der Waals surface area contributed by atoms with Gasteiger partial charge in [-0.05, 0) is 40.5 Å². The molecule has 0 amide bonds. The maximum absolute atomic E-state index is 5.58. The van der Waals surface area contributed by atoms with E-state index in [2.05, 4.69) is 25.9 Å². The van der Waals surface area contributed by atoms with Crippen LogP contribution in [0.5, 0.6) is 11.5 Å². The second-order valence-corrected chi connectivity index (χ2v) is 4.65. The van der Waals surface area contributed by atoms with Gasteiger partial charge in [0.2, 0.25) is 0 Å². The molecular weight excluding hydrogens is 284 g/mol. The lowest BCUT2D eigenvalue weighted by Crippen LogP contribution is -2.15. The molecule has 2 heterocycles. The van der Waals surface area contributed by atoms with Gasteiger partial charge in [-0.2, -0.15) is 0 Å². The minimum Gasteiger partial charge on any atom is -0.486 e. The molecule has 88 valence electrons. The molecule has 2 aromatic rings. The molecule has 3 rings (SSSR count). The third-order valence-electron chi connectivity index (χ3n) is 2.72. The van der Waals surface area contributed by atoms with Gasteiger partial charge >= 0.3 is 0 Å². The van der Waals surface area contributed by atoms with Gasteiger partial charge in [0.05, 0.1) is 11.9 Å². The van der Waals surface area contributed by atoms with Gasteiger partial charge in [0.25, 0.3) is 0 Å². The number of nitrogens with one attached hydrogen (secondary N) is 1. The number of aryl methyl sites for hydroxylation is 1. The lowest BCUT2D eigenvalue weighted by molar-refractivity contribution is 0.171. The van der Waals surface area contributed by atoms with Crippen LogP contribution in [-0.4, -0.2) is 23.2 Å². The molecule has 1 aliphatic rings. The van der Waals surface area contributed by atoms with E-state index < -0.39 is 0 Å². The summed E-state index contributed by atoms with van der Waals surface area (Å²) in [7, 11) is 0. The van der Waals surface area contributed by atoms with Crippen LogP contribution in [0.15, 0.2) is 23.1 Å². The first-order valence-electron chi connectivity index (χ1n) is 5.35. The van der Waals surface area contributed by atoms with Crippen LogP contribution in [0.4, 0.5) is 0 Å². The Morgan fingerprint density at radius 2 is 1.94 bits per heavy atom. The van der Waals surface area contributed by atoms with Crippen LogP contribution in [0.2, 0.25) is 0 Å². The van der Waals surface area contributed by atoms with E-state index in [9.17, 15) is 0 Å². The highest BCUT2D eigenvalue weighted by molar-refractivity contribution is 9.10. The predicted molar refractivity (Wildman–Crippen MR) is 67.5 cm³/mol. The second-order valence-electron chi connectivity index (χ2n) is 3.90. The standard InChI is InChI=1S/C12H11BrN2O2/c1-7-4-10-11(17-3-2-16-10)5-8(7)9-6-14-12(13)15-9/h4-6H,2-3H2,1H3,(H,14,15). The predicted octanol–water partition coefficient (Wildman–Crippen LogP) is 2.92. The molecular formula is C12H11BrN2O2. The molecule has 1 aromatic heterocycles. The molecule has 1 aliphatic heterocycles. The number of hydrogen-bond acceptors (Lipinski definition) is 3. The zero-order valence-electron chi connectivity index (χ0n) is 9.29. The first-order valence-corrected chi connectivity index (χ1v) is 6.14. The molecule has 4 nitrogen and oxygen atoms in total. The SMILES string of the molecule is Cc1cc2c(cc1-c1cnc(Br)[nH]1)OCCO2. The highest BCUT2D eigenvalue weighted by atomic mass is 79.9. The summed E-state index contributed by atoms with van der Waals surface area (Å²) in [4.78, 5) is 7.28. The molecule has 0 spiro atoms. The number of H-pyrrole nitrogens is 1. The van der Waals surface area contributed by atoms with Crippen LogP contribution in [-0.2, 0) is 0 Å². The Balaban J connectivity index is 2.11. The van der Waals surface area contributed by atoms with E-state index in [1.807, 2.05) is 19.1 Å². The van der Waals surface area contributed by atoms with Gasteiger partial charge in [0, 0.05) is 5.56 Å². The zero-order valence-corrected chi connectivity index (χ0v) is 10.9. The van der Waals surface area contributed by atoms with E-state index in [1.54, 1.807) is 6.20 Å². The molecule has 17 heavy (non-hydrogen) atoms. The molecule has 0 aliphatic carbocycles. The van der Waals surface area contributed by atoms with Crippen molar-refractivity contribution in [1.29, 1.82) is 0 Å². The number of benzene rings is 1. The normalized spacial score (nSPS) is 13.8. The van der Waals surface area contributed by atoms with Crippen molar-refractivity contribution in [3.05, 3.63) is 28.6 Å². The fourth-order valence-electron chi connectivity index (χ4n) is 1.91. The van der Waals surface area contributed by atoms with Crippen LogP contribution < -0.4 is 9.47 Å². The highest BCUT2D eigenvalue weighted by Gasteiger charge is 2.15. The van der Waals surface area contributed by atoms with E-state index in [0.717, 1.165) is 33.1 Å². The summed E-state index contributed by atoms with van der Waals surface area (Å²) in [6.07, 6.45) is 1.79. The quantitative estimate of drug-likeness (QED) is 0.880. The Morgan fingerprint density at radius 1 is 1.24 bits per heavy atom. The van der Waals surface area contributed by atoms with Crippen LogP contribution in [0.3, 0.4) is 0 Å². The molecule has 0 fully saturated rings. The fourth-order valence-corrected chi connectivity index (χ4v) is 2.23. The first-order chi connectivity index (χ1) is 8.24. The van der Waals surface area contributed by atoms with Crippen molar-refractivity contribution in [2.75, 3.05) is 13.2 Å². The van der Waals surface area contributed by atoms with Gasteiger partial charge < -0.3 is 14.5 Å². The van der Waals surface area contributed by atoms with Gasteiger partial charge in [-0.3, -0.25) is 0 Å². The number of aromatic nitrogens is 2. The van der Waals surface area contributed by atoms with Gasteiger partial charge in [0.1, 0.15) is 13.2 Å². The molecule has 1 N–H and O–H groups in total. The summed E-state index contributed by atoms with van der Waals surface area (Å²) in [5.74, 6) is 1.61. The summed E-state index contributed by atoms with van der Waals surface area (Å²) in [5.41, 5.74) is 3.17. The van der Waals surface area contributed by atoms with Gasteiger partial charge in [0.15, 0.2) is 16.2 Å². The zero-order chi connectivity index (χ0) is 11.8. The Kier molecular flexibility index (Phi) is 2.55. The molecule has 0 atom stereocenters. The lowest BCUT2D eigenvalue weighted by Gasteiger charge is -2.20. The molecule has 0 radical (unpaired) electrons. The molecule has 0 unspecified atom stereocenters. The van der Waals surface area contributed by atoms with Gasteiger partial charge in [-0.25, -0.2) is 4.98 Å². The summed E-state index contributed by atoms with van der Waals surface area (Å²) >= 11 is 3.31.